The predicted octanol–water partition coefficient (Wildman–Crippen LogP) is 4.88. The third-order valence-electron chi connectivity index (χ3n) is 4.55. The summed E-state index contributed by atoms with van der Waals surface area (Å²) >= 11 is 0. The lowest BCUT2D eigenvalue weighted by Crippen LogP contribution is -2.33. The van der Waals surface area contributed by atoms with E-state index in [0.29, 0.717) is 12.5 Å². The highest BCUT2D eigenvalue weighted by Crippen LogP contribution is 2.12. The molecule has 1 heterocycles. The summed E-state index contributed by atoms with van der Waals surface area (Å²) in [7, 11) is 0. The lowest BCUT2D eigenvalue weighted by molar-refractivity contribution is 0.0907. The van der Waals surface area contributed by atoms with Crippen molar-refractivity contribution in [3.8, 4) is 0 Å². The Morgan fingerprint density at radius 2 is 1.52 bits per heavy atom. The van der Waals surface area contributed by atoms with Crippen molar-refractivity contribution < 1.29 is 4.79 Å². The number of aromatic nitrogens is 1. The van der Waals surface area contributed by atoms with Crippen molar-refractivity contribution in [2.24, 2.45) is 5.92 Å². The molecular weight excluding hydrogens is 332 g/mol. The molecule has 3 heteroatoms. The summed E-state index contributed by atoms with van der Waals surface area (Å²) in [6.07, 6.45) is 1.99. The van der Waals surface area contributed by atoms with E-state index in [1.807, 2.05) is 47.2 Å². The van der Waals surface area contributed by atoms with Gasteiger partial charge in [-0.2, -0.15) is 0 Å². The Balaban J connectivity index is 1.71. The van der Waals surface area contributed by atoms with Gasteiger partial charge in [0.1, 0.15) is 0 Å². The summed E-state index contributed by atoms with van der Waals surface area (Å²) in [6, 6.07) is 24.5. The first-order valence-electron chi connectivity index (χ1n) is 9.60. The summed E-state index contributed by atoms with van der Waals surface area (Å²) in [6.45, 7) is 7.25. The normalized spacial score (nSPS) is 11.3. The highest BCUT2D eigenvalue weighted by Gasteiger charge is 2.17. The molecule has 0 aliphatic carbocycles. The molecule has 0 amide bonds. The van der Waals surface area contributed by atoms with Crippen LogP contribution >= 0.6 is 0 Å². The third-order valence-corrected chi connectivity index (χ3v) is 4.55. The Hall–Kier alpha value is -2.65. The van der Waals surface area contributed by atoms with Gasteiger partial charge in [-0.25, -0.2) is 0 Å². The summed E-state index contributed by atoms with van der Waals surface area (Å²) in [5, 5.41) is 0. The van der Waals surface area contributed by atoms with Gasteiger partial charge in [-0.1, -0.05) is 74.5 Å². The largest absolute Gasteiger partial charge is 0.341 e. The second-order valence-electron chi connectivity index (χ2n) is 7.48. The Morgan fingerprint density at radius 3 is 2.15 bits per heavy atom. The van der Waals surface area contributed by atoms with Gasteiger partial charge >= 0.3 is 0 Å². The van der Waals surface area contributed by atoms with Crippen LogP contribution in [0.25, 0.3) is 0 Å². The topological polar surface area (TPSA) is 25.2 Å². The van der Waals surface area contributed by atoms with Crippen LogP contribution in [0.15, 0.2) is 79.0 Å². The monoisotopic (exact) mass is 360 g/mol. The molecule has 0 N–H and O–H groups in total. The van der Waals surface area contributed by atoms with Crippen molar-refractivity contribution in [3.63, 3.8) is 0 Å². The van der Waals surface area contributed by atoms with Crippen molar-refractivity contribution in [1.82, 2.24) is 9.47 Å². The van der Waals surface area contributed by atoms with Crippen LogP contribution in [-0.4, -0.2) is 28.3 Å². The van der Waals surface area contributed by atoms with Gasteiger partial charge in [-0.15, -0.1) is 0 Å². The molecule has 0 saturated heterocycles. The number of nitrogens with zero attached hydrogens (tertiary/aromatic N) is 2. The maximum Gasteiger partial charge on any atom is 0.193 e. The van der Waals surface area contributed by atoms with E-state index >= 15 is 0 Å². The molecule has 0 saturated carbocycles. The zero-order valence-electron chi connectivity index (χ0n) is 16.2. The fraction of sp³-hybridized carbons (Fsp3) is 0.292. The average molecular weight is 361 g/mol. The second-order valence-corrected chi connectivity index (χ2v) is 7.48. The lowest BCUT2D eigenvalue weighted by Gasteiger charge is -2.24. The summed E-state index contributed by atoms with van der Waals surface area (Å²) in [5.41, 5.74) is 3.22. The van der Waals surface area contributed by atoms with Gasteiger partial charge < -0.3 is 4.57 Å². The van der Waals surface area contributed by atoms with Crippen LogP contribution in [0.4, 0.5) is 0 Å². The van der Waals surface area contributed by atoms with Gasteiger partial charge in [-0.05, 0) is 29.2 Å². The van der Waals surface area contributed by atoms with Crippen LogP contribution in [0.1, 0.15) is 35.5 Å². The molecule has 0 spiro atoms. The molecule has 3 aromatic rings. The zero-order chi connectivity index (χ0) is 19.1. The molecule has 2 aromatic carbocycles. The lowest BCUT2D eigenvalue weighted by atomic mass is 10.1. The molecule has 0 unspecified atom stereocenters. The number of carbonyl (C=O) groups is 1. The van der Waals surface area contributed by atoms with Crippen LogP contribution in [0.2, 0.25) is 0 Å². The maximum atomic E-state index is 13.0. The first-order valence-corrected chi connectivity index (χ1v) is 9.60. The molecule has 0 fully saturated rings. The van der Waals surface area contributed by atoms with Gasteiger partial charge in [0.05, 0.1) is 12.2 Å². The van der Waals surface area contributed by atoms with Gasteiger partial charge in [0, 0.05) is 25.8 Å². The Bertz CT molecular complexity index is 837. The number of carbonyl (C=O) groups excluding carboxylic acids is 1. The molecule has 27 heavy (non-hydrogen) atoms. The average Bonchev–Trinajstić information content (AvgIpc) is 3.11. The number of rotatable bonds is 9. The zero-order valence-corrected chi connectivity index (χ0v) is 16.2. The van der Waals surface area contributed by atoms with E-state index in [-0.39, 0.29) is 5.78 Å². The molecule has 0 bridgehead atoms. The van der Waals surface area contributed by atoms with Gasteiger partial charge in [0.15, 0.2) is 5.78 Å². The standard InChI is InChI=1S/C24H28N2O/c1-20(2)16-25(17-21-10-5-3-6-11-21)19-24(27)23-14-9-15-26(23)18-22-12-7-4-8-13-22/h3-15,20H,16-19H2,1-2H3. The van der Waals surface area contributed by atoms with E-state index in [0.717, 1.165) is 25.3 Å². The van der Waals surface area contributed by atoms with Gasteiger partial charge in [-0.3, -0.25) is 9.69 Å². The van der Waals surface area contributed by atoms with E-state index in [2.05, 4.69) is 55.1 Å². The second kappa shape index (κ2) is 9.33. The van der Waals surface area contributed by atoms with Crippen molar-refractivity contribution in [2.45, 2.75) is 26.9 Å². The number of ketones is 1. The molecular formula is C24H28N2O. The molecule has 0 aliphatic heterocycles. The fourth-order valence-corrected chi connectivity index (χ4v) is 3.41. The smallest absolute Gasteiger partial charge is 0.193 e. The number of benzene rings is 2. The minimum absolute atomic E-state index is 0.174. The minimum Gasteiger partial charge on any atom is -0.341 e. The van der Waals surface area contributed by atoms with Crippen LogP contribution in [0, 0.1) is 5.92 Å². The predicted molar refractivity (Wildman–Crippen MR) is 111 cm³/mol. The van der Waals surface area contributed by atoms with Crippen LogP contribution in [-0.2, 0) is 13.1 Å². The van der Waals surface area contributed by atoms with Crippen LogP contribution in [0.3, 0.4) is 0 Å². The summed E-state index contributed by atoms with van der Waals surface area (Å²) in [5.74, 6) is 0.685. The van der Waals surface area contributed by atoms with Crippen LogP contribution < -0.4 is 0 Å². The Morgan fingerprint density at radius 1 is 0.889 bits per heavy atom. The molecule has 140 valence electrons. The first kappa shape index (κ1) is 19.1. The first-order chi connectivity index (χ1) is 13.1. The fourth-order valence-electron chi connectivity index (χ4n) is 3.41. The maximum absolute atomic E-state index is 13.0. The van der Waals surface area contributed by atoms with E-state index in [9.17, 15) is 4.79 Å². The summed E-state index contributed by atoms with van der Waals surface area (Å²) in [4.78, 5) is 15.3. The SMILES string of the molecule is CC(C)CN(CC(=O)c1cccn1Cc1ccccc1)Cc1ccccc1. The highest BCUT2D eigenvalue weighted by atomic mass is 16.1. The molecule has 3 nitrogen and oxygen atoms in total. The number of Topliss-reactive ketones (excluding diaryl/α,β-unsaturated/α-hetero) is 1. The molecule has 1 aromatic heterocycles. The van der Waals surface area contributed by atoms with Gasteiger partial charge in [0.2, 0.25) is 0 Å². The van der Waals surface area contributed by atoms with E-state index in [1.165, 1.54) is 11.1 Å². The van der Waals surface area contributed by atoms with Crippen molar-refractivity contribution in [2.75, 3.05) is 13.1 Å². The van der Waals surface area contributed by atoms with Crippen LogP contribution in [0.5, 0.6) is 0 Å². The van der Waals surface area contributed by atoms with E-state index < -0.39 is 0 Å². The third kappa shape index (κ3) is 5.66. The number of hydrogen-bond acceptors (Lipinski definition) is 2. The molecule has 0 radical (unpaired) electrons. The van der Waals surface area contributed by atoms with E-state index in [1.54, 1.807) is 0 Å². The Labute approximate surface area is 162 Å². The van der Waals surface area contributed by atoms with E-state index in [4.69, 9.17) is 0 Å². The Kier molecular flexibility index (Phi) is 6.61. The molecule has 3 rings (SSSR count). The highest BCUT2D eigenvalue weighted by molar-refractivity contribution is 5.96. The van der Waals surface area contributed by atoms with Gasteiger partial charge in [0.25, 0.3) is 0 Å². The molecule has 0 aliphatic rings. The van der Waals surface area contributed by atoms with Crippen molar-refractivity contribution >= 4 is 5.78 Å². The minimum atomic E-state index is 0.174. The molecule has 0 atom stereocenters. The quantitative estimate of drug-likeness (QED) is 0.508. The van der Waals surface area contributed by atoms with Crippen molar-refractivity contribution in [3.05, 3.63) is 95.8 Å². The summed E-state index contributed by atoms with van der Waals surface area (Å²) < 4.78 is 2.05. The van der Waals surface area contributed by atoms with Crippen molar-refractivity contribution in [1.29, 1.82) is 0 Å². The number of hydrogen-bond donors (Lipinski definition) is 0.